The van der Waals surface area contributed by atoms with E-state index in [9.17, 15) is 0 Å². The summed E-state index contributed by atoms with van der Waals surface area (Å²) >= 11 is 3.49. The molecular weight excluding hydrogens is 330 g/mol. The molecule has 3 nitrogen and oxygen atoms in total. The summed E-state index contributed by atoms with van der Waals surface area (Å²) in [6.45, 7) is 2.60. The Morgan fingerprint density at radius 2 is 2.00 bits per heavy atom. The van der Waals surface area contributed by atoms with E-state index in [2.05, 4.69) is 15.9 Å². The molecule has 0 aliphatic rings. The van der Waals surface area contributed by atoms with Gasteiger partial charge in [0.15, 0.2) is 0 Å². The fourth-order valence-electron chi connectivity index (χ4n) is 2.33. The molecule has 0 aliphatic carbocycles. The number of ether oxygens (including phenoxy) is 1. The molecule has 0 amide bonds. The van der Waals surface area contributed by atoms with E-state index in [4.69, 9.17) is 14.9 Å². The van der Waals surface area contributed by atoms with Gasteiger partial charge in [0.05, 0.1) is 17.1 Å². The number of para-hydroxylation sites is 1. The summed E-state index contributed by atoms with van der Waals surface area (Å²) < 4.78 is 12.4. The number of nitrogens with two attached hydrogens (primary N) is 1. The zero-order valence-electron chi connectivity index (χ0n) is 11.7. The second-order valence-corrected chi connectivity index (χ2v) is 5.64. The van der Waals surface area contributed by atoms with Gasteiger partial charge in [0.25, 0.3) is 0 Å². The van der Waals surface area contributed by atoms with Crippen LogP contribution in [0.2, 0.25) is 0 Å². The summed E-state index contributed by atoms with van der Waals surface area (Å²) in [6, 6.07) is 15.4. The molecule has 0 spiro atoms. The number of fused-ring (bicyclic) bond motifs is 1. The first kappa shape index (κ1) is 14.2. The van der Waals surface area contributed by atoms with Gasteiger partial charge in [-0.05, 0) is 52.7 Å². The van der Waals surface area contributed by atoms with Gasteiger partial charge >= 0.3 is 0 Å². The number of halogens is 1. The SMILES string of the molecule is CCOc1cccc(C(N)c2cc3cccc(Br)c3o2)c1. The lowest BCUT2D eigenvalue weighted by atomic mass is 10.0. The van der Waals surface area contributed by atoms with Gasteiger partial charge in [0, 0.05) is 5.39 Å². The van der Waals surface area contributed by atoms with Crippen molar-refractivity contribution < 1.29 is 9.15 Å². The van der Waals surface area contributed by atoms with Crippen LogP contribution in [0.3, 0.4) is 0 Å². The lowest BCUT2D eigenvalue weighted by Crippen LogP contribution is -2.10. The fourth-order valence-corrected chi connectivity index (χ4v) is 2.79. The fraction of sp³-hybridized carbons (Fsp3) is 0.176. The molecule has 1 atom stereocenters. The molecule has 0 bridgehead atoms. The molecule has 0 saturated heterocycles. The van der Waals surface area contributed by atoms with Crippen molar-refractivity contribution in [1.82, 2.24) is 0 Å². The summed E-state index contributed by atoms with van der Waals surface area (Å²) in [5, 5.41) is 1.04. The van der Waals surface area contributed by atoms with Gasteiger partial charge in [-0.3, -0.25) is 0 Å². The topological polar surface area (TPSA) is 48.4 Å². The number of rotatable bonds is 4. The van der Waals surface area contributed by atoms with Gasteiger partial charge in [-0.15, -0.1) is 0 Å². The van der Waals surface area contributed by atoms with Crippen molar-refractivity contribution in [3.8, 4) is 5.75 Å². The predicted octanol–water partition coefficient (Wildman–Crippen LogP) is 4.64. The molecule has 0 fully saturated rings. The first-order valence-corrected chi connectivity index (χ1v) is 7.64. The van der Waals surface area contributed by atoms with E-state index in [0.717, 1.165) is 32.5 Å². The lowest BCUT2D eigenvalue weighted by molar-refractivity contribution is 0.339. The van der Waals surface area contributed by atoms with Gasteiger partial charge in [-0.2, -0.15) is 0 Å². The molecule has 2 aromatic carbocycles. The summed E-state index contributed by atoms with van der Waals surface area (Å²) in [7, 11) is 0. The van der Waals surface area contributed by atoms with Crippen molar-refractivity contribution in [2.75, 3.05) is 6.61 Å². The molecule has 108 valence electrons. The number of hydrogen-bond donors (Lipinski definition) is 1. The minimum atomic E-state index is -0.315. The van der Waals surface area contributed by atoms with Crippen molar-refractivity contribution in [2.45, 2.75) is 13.0 Å². The van der Waals surface area contributed by atoms with Crippen LogP contribution >= 0.6 is 15.9 Å². The van der Waals surface area contributed by atoms with E-state index < -0.39 is 0 Å². The second-order valence-electron chi connectivity index (χ2n) is 4.79. The van der Waals surface area contributed by atoms with Crippen LogP contribution in [0.4, 0.5) is 0 Å². The minimum absolute atomic E-state index is 0.315. The molecule has 0 radical (unpaired) electrons. The molecule has 0 aliphatic heterocycles. The molecule has 0 saturated carbocycles. The summed E-state index contributed by atoms with van der Waals surface area (Å²) in [5.41, 5.74) is 8.12. The zero-order valence-corrected chi connectivity index (χ0v) is 13.3. The third-order valence-corrected chi connectivity index (χ3v) is 3.97. The van der Waals surface area contributed by atoms with Crippen molar-refractivity contribution in [2.24, 2.45) is 5.73 Å². The van der Waals surface area contributed by atoms with E-state index in [1.54, 1.807) is 0 Å². The lowest BCUT2D eigenvalue weighted by Gasteiger charge is -2.11. The van der Waals surface area contributed by atoms with Crippen LogP contribution in [0, 0.1) is 0 Å². The Hall–Kier alpha value is -1.78. The quantitative estimate of drug-likeness (QED) is 0.749. The first-order valence-electron chi connectivity index (χ1n) is 6.85. The van der Waals surface area contributed by atoms with Gasteiger partial charge in [0.1, 0.15) is 17.1 Å². The van der Waals surface area contributed by atoms with Crippen molar-refractivity contribution in [1.29, 1.82) is 0 Å². The van der Waals surface area contributed by atoms with Crippen LogP contribution in [0.1, 0.15) is 24.3 Å². The monoisotopic (exact) mass is 345 g/mol. The van der Waals surface area contributed by atoms with Crippen LogP contribution in [0.5, 0.6) is 5.75 Å². The van der Waals surface area contributed by atoms with Crippen molar-refractivity contribution in [3.63, 3.8) is 0 Å². The average molecular weight is 346 g/mol. The standard InChI is InChI=1S/C17H16BrNO2/c1-2-20-13-7-3-5-11(9-13)16(19)15-10-12-6-4-8-14(18)17(12)21-15/h3-10,16H,2,19H2,1H3. The number of furan rings is 1. The largest absolute Gasteiger partial charge is 0.494 e. The Morgan fingerprint density at radius 3 is 2.76 bits per heavy atom. The maximum Gasteiger partial charge on any atom is 0.148 e. The minimum Gasteiger partial charge on any atom is -0.494 e. The predicted molar refractivity (Wildman–Crippen MR) is 87.6 cm³/mol. The van der Waals surface area contributed by atoms with Crippen molar-refractivity contribution >= 4 is 26.9 Å². The molecule has 3 aromatic rings. The highest BCUT2D eigenvalue weighted by Crippen LogP contribution is 2.31. The molecular formula is C17H16BrNO2. The Bertz CT molecular complexity index is 766. The summed E-state index contributed by atoms with van der Waals surface area (Å²) in [6.07, 6.45) is 0. The van der Waals surface area contributed by atoms with E-state index in [1.807, 2.05) is 55.5 Å². The molecule has 1 unspecified atom stereocenters. The number of benzene rings is 2. The van der Waals surface area contributed by atoms with E-state index in [0.29, 0.717) is 6.61 Å². The van der Waals surface area contributed by atoms with Gasteiger partial charge in [-0.25, -0.2) is 0 Å². The summed E-state index contributed by atoms with van der Waals surface area (Å²) in [5.74, 6) is 1.56. The zero-order chi connectivity index (χ0) is 14.8. The third kappa shape index (κ3) is 2.82. The average Bonchev–Trinajstić information content (AvgIpc) is 2.93. The molecule has 1 heterocycles. The third-order valence-electron chi connectivity index (χ3n) is 3.35. The van der Waals surface area contributed by atoms with Crippen LogP contribution in [-0.2, 0) is 0 Å². The van der Waals surface area contributed by atoms with E-state index in [1.165, 1.54) is 0 Å². The van der Waals surface area contributed by atoms with Crippen LogP contribution in [-0.4, -0.2) is 6.61 Å². The van der Waals surface area contributed by atoms with Crippen LogP contribution < -0.4 is 10.5 Å². The second kappa shape index (κ2) is 5.92. The van der Waals surface area contributed by atoms with Gasteiger partial charge < -0.3 is 14.9 Å². The van der Waals surface area contributed by atoms with Gasteiger partial charge in [0.2, 0.25) is 0 Å². The summed E-state index contributed by atoms with van der Waals surface area (Å²) in [4.78, 5) is 0. The molecule has 3 rings (SSSR count). The maximum absolute atomic E-state index is 6.33. The van der Waals surface area contributed by atoms with E-state index in [-0.39, 0.29) is 6.04 Å². The maximum atomic E-state index is 6.33. The Kier molecular flexibility index (Phi) is 3.99. The highest BCUT2D eigenvalue weighted by Gasteiger charge is 2.15. The van der Waals surface area contributed by atoms with Crippen LogP contribution in [0.15, 0.2) is 57.4 Å². The van der Waals surface area contributed by atoms with Crippen LogP contribution in [0.25, 0.3) is 11.0 Å². The molecule has 2 N–H and O–H groups in total. The molecule has 4 heteroatoms. The first-order chi connectivity index (χ1) is 10.2. The Balaban J connectivity index is 1.98. The molecule has 21 heavy (non-hydrogen) atoms. The smallest absolute Gasteiger partial charge is 0.148 e. The van der Waals surface area contributed by atoms with Gasteiger partial charge in [-0.1, -0.05) is 24.3 Å². The highest BCUT2D eigenvalue weighted by atomic mass is 79.9. The Morgan fingerprint density at radius 1 is 1.19 bits per heavy atom. The Labute approximate surface area is 131 Å². The normalized spacial score (nSPS) is 12.5. The highest BCUT2D eigenvalue weighted by molar-refractivity contribution is 9.10. The van der Waals surface area contributed by atoms with E-state index >= 15 is 0 Å². The van der Waals surface area contributed by atoms with Crippen molar-refractivity contribution in [3.05, 3.63) is 64.3 Å². The molecule has 1 aromatic heterocycles. The number of hydrogen-bond acceptors (Lipinski definition) is 3.